The van der Waals surface area contributed by atoms with E-state index in [9.17, 15) is 9.18 Å². The molecule has 0 saturated carbocycles. The lowest BCUT2D eigenvalue weighted by Gasteiger charge is -2.09. The lowest BCUT2D eigenvalue weighted by molar-refractivity contribution is 0.102. The maximum atomic E-state index is 12.9. The fourth-order valence-corrected chi connectivity index (χ4v) is 2.52. The average Bonchev–Trinajstić information content (AvgIpc) is 2.70. The molecule has 6 nitrogen and oxygen atoms in total. The van der Waals surface area contributed by atoms with Crippen molar-refractivity contribution in [3.8, 4) is 5.75 Å². The van der Waals surface area contributed by atoms with Crippen LogP contribution in [0.5, 0.6) is 5.75 Å². The largest absolute Gasteiger partial charge is 0.496 e. The van der Waals surface area contributed by atoms with Gasteiger partial charge in [0.1, 0.15) is 17.4 Å². The average molecular weight is 366 g/mol. The van der Waals surface area contributed by atoms with E-state index in [2.05, 4.69) is 20.8 Å². The first-order valence-corrected chi connectivity index (χ1v) is 8.42. The molecule has 1 heterocycles. The van der Waals surface area contributed by atoms with Crippen LogP contribution in [-0.4, -0.2) is 29.8 Å². The second-order valence-corrected chi connectivity index (χ2v) is 5.75. The summed E-state index contributed by atoms with van der Waals surface area (Å²) in [7, 11) is 1.65. The molecule has 3 aromatic rings. The molecule has 7 heteroatoms. The number of carbonyl (C=O) groups is 1. The SMILES string of the molecule is COc1ccccc1CCNc1ccc(NC(=O)c2ccc(F)cc2)nn1. The molecule has 1 amide bonds. The number of nitrogens with one attached hydrogen (secondary N) is 2. The van der Waals surface area contributed by atoms with E-state index in [0.717, 1.165) is 17.7 Å². The minimum atomic E-state index is -0.394. The van der Waals surface area contributed by atoms with Crippen molar-refractivity contribution in [2.45, 2.75) is 6.42 Å². The second kappa shape index (κ2) is 8.75. The van der Waals surface area contributed by atoms with Gasteiger partial charge in [0.2, 0.25) is 0 Å². The Morgan fingerprint density at radius 1 is 1.00 bits per heavy atom. The Hall–Kier alpha value is -3.48. The van der Waals surface area contributed by atoms with Crippen LogP contribution in [0.15, 0.2) is 60.7 Å². The van der Waals surface area contributed by atoms with Gasteiger partial charge in [-0.2, -0.15) is 0 Å². The van der Waals surface area contributed by atoms with Crippen LogP contribution in [0.25, 0.3) is 0 Å². The van der Waals surface area contributed by atoms with Crippen molar-refractivity contribution in [3.05, 3.63) is 77.6 Å². The van der Waals surface area contributed by atoms with E-state index in [-0.39, 0.29) is 5.91 Å². The molecule has 0 spiro atoms. The molecular formula is C20H19FN4O2. The molecule has 1 aromatic heterocycles. The number of aromatic nitrogens is 2. The van der Waals surface area contributed by atoms with Crippen LogP contribution < -0.4 is 15.4 Å². The number of rotatable bonds is 7. The molecule has 0 aliphatic rings. The maximum absolute atomic E-state index is 12.9. The highest BCUT2D eigenvalue weighted by atomic mass is 19.1. The summed E-state index contributed by atoms with van der Waals surface area (Å²) in [5, 5.41) is 13.8. The Kier molecular flexibility index (Phi) is 5.94. The van der Waals surface area contributed by atoms with Crippen molar-refractivity contribution < 1.29 is 13.9 Å². The second-order valence-electron chi connectivity index (χ2n) is 5.75. The number of hydrogen-bond donors (Lipinski definition) is 2. The number of amides is 1. The van der Waals surface area contributed by atoms with E-state index in [1.54, 1.807) is 19.2 Å². The van der Waals surface area contributed by atoms with Gasteiger partial charge in [0, 0.05) is 12.1 Å². The molecule has 0 saturated heterocycles. The minimum Gasteiger partial charge on any atom is -0.496 e. The number of ether oxygens (including phenoxy) is 1. The zero-order chi connectivity index (χ0) is 19.1. The molecule has 3 rings (SSSR count). The summed E-state index contributed by atoms with van der Waals surface area (Å²) in [5.41, 5.74) is 1.45. The zero-order valence-corrected chi connectivity index (χ0v) is 14.8. The molecule has 2 N–H and O–H groups in total. The third-order valence-corrected chi connectivity index (χ3v) is 3.91. The predicted octanol–water partition coefficient (Wildman–Crippen LogP) is 3.53. The van der Waals surface area contributed by atoms with Crippen LogP contribution in [0.2, 0.25) is 0 Å². The molecule has 0 unspecified atom stereocenters. The summed E-state index contributed by atoms with van der Waals surface area (Å²) < 4.78 is 18.2. The van der Waals surface area contributed by atoms with Crippen LogP contribution in [-0.2, 0) is 6.42 Å². The Morgan fingerprint density at radius 2 is 1.70 bits per heavy atom. The molecule has 0 aliphatic carbocycles. The number of halogens is 1. The summed E-state index contributed by atoms with van der Waals surface area (Å²) in [4.78, 5) is 12.1. The van der Waals surface area contributed by atoms with Crippen molar-refractivity contribution in [2.24, 2.45) is 0 Å². The van der Waals surface area contributed by atoms with Crippen molar-refractivity contribution in [2.75, 3.05) is 24.3 Å². The van der Waals surface area contributed by atoms with Gasteiger partial charge in [-0.05, 0) is 54.4 Å². The Labute approximate surface area is 156 Å². The van der Waals surface area contributed by atoms with Crippen LogP contribution in [0.4, 0.5) is 16.0 Å². The van der Waals surface area contributed by atoms with Crippen molar-refractivity contribution in [1.82, 2.24) is 10.2 Å². The zero-order valence-electron chi connectivity index (χ0n) is 14.8. The monoisotopic (exact) mass is 366 g/mol. The van der Waals surface area contributed by atoms with Gasteiger partial charge in [-0.1, -0.05) is 18.2 Å². The quantitative estimate of drug-likeness (QED) is 0.669. The van der Waals surface area contributed by atoms with Gasteiger partial charge < -0.3 is 15.4 Å². The molecule has 0 aliphatic heterocycles. The van der Waals surface area contributed by atoms with Gasteiger partial charge >= 0.3 is 0 Å². The number of anilines is 2. The topological polar surface area (TPSA) is 76.1 Å². The first kappa shape index (κ1) is 18.3. The summed E-state index contributed by atoms with van der Waals surface area (Å²) >= 11 is 0. The van der Waals surface area contributed by atoms with E-state index in [1.807, 2.05) is 24.3 Å². The van der Waals surface area contributed by atoms with Gasteiger partial charge in [-0.25, -0.2) is 4.39 Å². The maximum Gasteiger partial charge on any atom is 0.256 e. The number of hydrogen-bond acceptors (Lipinski definition) is 5. The highest BCUT2D eigenvalue weighted by molar-refractivity contribution is 6.03. The molecule has 0 fully saturated rings. The normalized spacial score (nSPS) is 10.3. The summed E-state index contributed by atoms with van der Waals surface area (Å²) in [6, 6.07) is 16.5. The number of para-hydroxylation sites is 1. The van der Waals surface area contributed by atoms with Crippen molar-refractivity contribution in [3.63, 3.8) is 0 Å². The van der Waals surface area contributed by atoms with Gasteiger partial charge in [0.25, 0.3) is 5.91 Å². The van der Waals surface area contributed by atoms with Gasteiger partial charge in [0.15, 0.2) is 5.82 Å². The first-order chi connectivity index (χ1) is 13.2. The van der Waals surface area contributed by atoms with Crippen LogP contribution in [0, 0.1) is 5.82 Å². The Bertz CT molecular complexity index is 899. The van der Waals surface area contributed by atoms with Crippen LogP contribution >= 0.6 is 0 Å². The van der Waals surface area contributed by atoms with E-state index in [0.29, 0.717) is 23.7 Å². The number of carbonyl (C=O) groups excluding carboxylic acids is 1. The number of methoxy groups -OCH3 is 1. The van der Waals surface area contributed by atoms with Crippen LogP contribution in [0.3, 0.4) is 0 Å². The van der Waals surface area contributed by atoms with E-state index < -0.39 is 5.82 Å². The third kappa shape index (κ3) is 5.01. The molecule has 138 valence electrons. The van der Waals surface area contributed by atoms with E-state index in [4.69, 9.17) is 4.74 Å². The van der Waals surface area contributed by atoms with E-state index in [1.165, 1.54) is 24.3 Å². The first-order valence-electron chi connectivity index (χ1n) is 8.42. The molecule has 0 atom stereocenters. The lowest BCUT2D eigenvalue weighted by atomic mass is 10.1. The fourth-order valence-electron chi connectivity index (χ4n) is 2.52. The molecule has 0 radical (unpaired) electrons. The Balaban J connectivity index is 1.52. The Morgan fingerprint density at radius 3 is 2.41 bits per heavy atom. The summed E-state index contributed by atoms with van der Waals surface area (Å²) in [5.74, 6) is 1.00. The highest BCUT2D eigenvalue weighted by Crippen LogP contribution is 2.18. The third-order valence-electron chi connectivity index (χ3n) is 3.91. The van der Waals surface area contributed by atoms with Gasteiger partial charge in [-0.3, -0.25) is 4.79 Å². The van der Waals surface area contributed by atoms with Crippen molar-refractivity contribution >= 4 is 17.5 Å². The summed E-state index contributed by atoms with van der Waals surface area (Å²) in [6.45, 7) is 0.663. The smallest absolute Gasteiger partial charge is 0.256 e. The lowest BCUT2D eigenvalue weighted by Crippen LogP contribution is -2.14. The molecular weight excluding hydrogens is 347 g/mol. The molecule has 0 bridgehead atoms. The molecule has 2 aromatic carbocycles. The predicted molar refractivity (Wildman–Crippen MR) is 102 cm³/mol. The van der Waals surface area contributed by atoms with Crippen molar-refractivity contribution in [1.29, 1.82) is 0 Å². The number of nitrogens with zero attached hydrogens (tertiary/aromatic N) is 2. The summed E-state index contributed by atoms with van der Waals surface area (Å²) in [6.07, 6.45) is 0.773. The molecule has 27 heavy (non-hydrogen) atoms. The fraction of sp³-hybridized carbons (Fsp3) is 0.150. The van der Waals surface area contributed by atoms with E-state index >= 15 is 0 Å². The minimum absolute atomic E-state index is 0.319. The van der Waals surface area contributed by atoms with Crippen LogP contribution in [0.1, 0.15) is 15.9 Å². The van der Waals surface area contributed by atoms with Gasteiger partial charge in [0.05, 0.1) is 7.11 Å². The highest BCUT2D eigenvalue weighted by Gasteiger charge is 2.07. The standard InChI is InChI=1S/C20H19FN4O2/c1-27-17-5-3-2-4-14(17)12-13-22-18-10-11-19(25-24-18)23-20(26)15-6-8-16(21)9-7-15/h2-11H,12-13H2,1H3,(H,22,24)(H,23,25,26). The van der Waals surface area contributed by atoms with Gasteiger partial charge in [-0.15, -0.1) is 10.2 Å². The number of benzene rings is 2.